The van der Waals surface area contributed by atoms with Gasteiger partial charge in [-0.05, 0) is 36.1 Å². The first kappa shape index (κ1) is 29.4. The molecule has 0 bridgehead atoms. The van der Waals surface area contributed by atoms with Crippen molar-refractivity contribution in [3.8, 4) is 0 Å². The van der Waals surface area contributed by atoms with Crippen molar-refractivity contribution < 1.29 is 52.7 Å². The van der Waals surface area contributed by atoms with Crippen molar-refractivity contribution in [3.05, 3.63) is 106 Å². The quantitative estimate of drug-likeness (QED) is 0.280. The maximum absolute atomic E-state index is 14.4. The Morgan fingerprint density at radius 3 is 0.868 bits per heavy atom. The molecule has 0 amide bonds. The van der Waals surface area contributed by atoms with Crippen LogP contribution >= 0.6 is 0 Å². The Kier molecular flexibility index (Phi) is 7.14. The van der Waals surface area contributed by atoms with E-state index in [0.29, 0.717) is 30.3 Å². The maximum atomic E-state index is 14.4. The molecule has 38 heavy (non-hydrogen) atoms. The van der Waals surface area contributed by atoms with Crippen LogP contribution < -0.4 is 0 Å². The molecule has 0 atom stereocenters. The fourth-order valence-electron chi connectivity index (χ4n) is 4.56. The predicted octanol–water partition coefficient (Wildman–Crippen LogP) is 9.12. The van der Waals surface area contributed by atoms with Crippen LogP contribution in [0.3, 0.4) is 0 Å². The van der Waals surface area contributed by atoms with Gasteiger partial charge in [-0.3, -0.25) is 0 Å². The van der Waals surface area contributed by atoms with Crippen LogP contribution in [0.4, 0.5) is 52.7 Å². The van der Waals surface area contributed by atoms with Crippen LogP contribution in [0.15, 0.2) is 72.8 Å². The van der Waals surface area contributed by atoms with Crippen molar-refractivity contribution in [1.82, 2.24) is 0 Å². The summed E-state index contributed by atoms with van der Waals surface area (Å²) in [7, 11) is 0. The molecule has 3 rings (SSSR count). The van der Waals surface area contributed by atoms with Gasteiger partial charge in [0.15, 0.2) is 0 Å². The number of halogens is 12. The molecule has 0 aliphatic rings. The lowest BCUT2D eigenvalue weighted by Gasteiger charge is -2.41. The molecule has 0 radical (unpaired) electrons. The molecule has 0 aromatic heterocycles. The van der Waals surface area contributed by atoms with Gasteiger partial charge in [0.25, 0.3) is 0 Å². The Morgan fingerprint density at radius 2 is 0.632 bits per heavy atom. The normalized spacial score (nSPS) is 14.1. The molecule has 12 heteroatoms. The minimum absolute atomic E-state index is 0.219. The molecule has 0 aliphatic heterocycles. The second-order valence-corrected chi connectivity index (χ2v) is 8.80. The molecule has 0 saturated carbocycles. The lowest BCUT2D eigenvalue weighted by Crippen LogP contribution is -2.56. The Bertz CT molecular complexity index is 1130. The highest BCUT2D eigenvalue weighted by Crippen LogP contribution is 2.59. The van der Waals surface area contributed by atoms with Crippen molar-refractivity contribution >= 4 is 0 Å². The summed E-state index contributed by atoms with van der Waals surface area (Å²) in [4.78, 5) is 0. The van der Waals surface area contributed by atoms with E-state index in [1.54, 1.807) is 0 Å². The van der Waals surface area contributed by atoms with Gasteiger partial charge in [0.1, 0.15) is 0 Å². The second-order valence-electron chi connectivity index (χ2n) is 8.80. The predicted molar refractivity (Wildman–Crippen MR) is 115 cm³/mol. The number of alkyl halides is 12. The van der Waals surface area contributed by atoms with E-state index in [1.807, 2.05) is 0 Å². The first-order valence-electron chi connectivity index (χ1n) is 10.7. The molecule has 0 aliphatic carbocycles. The first-order chi connectivity index (χ1) is 17.2. The molecule has 3 aromatic carbocycles. The third-order valence-electron chi connectivity index (χ3n) is 6.40. The van der Waals surface area contributed by atoms with E-state index < -0.39 is 57.8 Å². The van der Waals surface area contributed by atoms with Gasteiger partial charge in [0, 0.05) is 0 Å². The van der Waals surface area contributed by atoms with Crippen LogP contribution in [0.25, 0.3) is 0 Å². The summed E-state index contributed by atoms with van der Waals surface area (Å²) < 4.78 is 173. The summed E-state index contributed by atoms with van der Waals surface area (Å²) in [5.41, 5.74) is -15.8. The number of rotatable bonds is 4. The Balaban J connectivity index is 2.52. The molecule has 0 spiro atoms. The number of aryl methyl sites for hydroxylation is 2. The molecular weight excluding hydrogens is 540 g/mol. The average Bonchev–Trinajstić information content (AvgIpc) is 2.74. The van der Waals surface area contributed by atoms with E-state index in [9.17, 15) is 52.7 Å². The number of benzene rings is 3. The van der Waals surface area contributed by atoms with Gasteiger partial charge in [-0.15, -0.1) is 0 Å². The summed E-state index contributed by atoms with van der Waals surface area (Å²) in [6, 6.07) is 6.11. The molecular formula is C26H18F12. The van der Waals surface area contributed by atoms with Crippen LogP contribution in [-0.2, 0) is 10.8 Å². The third kappa shape index (κ3) is 4.41. The van der Waals surface area contributed by atoms with Crippen molar-refractivity contribution in [3.63, 3.8) is 0 Å². The van der Waals surface area contributed by atoms with Gasteiger partial charge in [0.2, 0.25) is 10.8 Å². The highest BCUT2D eigenvalue weighted by molar-refractivity contribution is 5.51. The topological polar surface area (TPSA) is 0 Å². The largest absolute Gasteiger partial charge is 0.411 e. The van der Waals surface area contributed by atoms with Crippen molar-refractivity contribution in [2.75, 3.05) is 0 Å². The molecule has 3 aromatic rings. The fourth-order valence-corrected chi connectivity index (χ4v) is 4.56. The van der Waals surface area contributed by atoms with Crippen molar-refractivity contribution in [1.29, 1.82) is 0 Å². The molecule has 0 fully saturated rings. The van der Waals surface area contributed by atoms with Gasteiger partial charge in [-0.1, -0.05) is 83.9 Å². The monoisotopic (exact) mass is 558 g/mol. The van der Waals surface area contributed by atoms with Crippen LogP contribution in [0.1, 0.15) is 33.4 Å². The van der Waals surface area contributed by atoms with Gasteiger partial charge in [-0.2, -0.15) is 52.7 Å². The minimum atomic E-state index is -6.21. The van der Waals surface area contributed by atoms with E-state index in [0.717, 1.165) is 24.3 Å². The molecule has 0 N–H and O–H groups in total. The lowest BCUT2D eigenvalue weighted by atomic mass is 9.68. The Morgan fingerprint density at radius 1 is 0.368 bits per heavy atom. The summed E-state index contributed by atoms with van der Waals surface area (Å²) >= 11 is 0. The van der Waals surface area contributed by atoms with E-state index in [4.69, 9.17) is 0 Å². The molecule has 0 saturated heterocycles. The van der Waals surface area contributed by atoms with Gasteiger partial charge < -0.3 is 0 Å². The van der Waals surface area contributed by atoms with Crippen molar-refractivity contribution in [2.24, 2.45) is 0 Å². The Hall–Kier alpha value is -3.18. The lowest BCUT2D eigenvalue weighted by molar-refractivity contribution is -0.289. The van der Waals surface area contributed by atoms with Crippen LogP contribution in [0.2, 0.25) is 0 Å². The average molecular weight is 558 g/mol. The van der Waals surface area contributed by atoms with Gasteiger partial charge >= 0.3 is 24.7 Å². The summed E-state index contributed by atoms with van der Waals surface area (Å²) in [6.45, 7) is 2.74. The summed E-state index contributed by atoms with van der Waals surface area (Å²) in [5.74, 6) is 0. The molecule has 0 heterocycles. The molecule has 0 unspecified atom stereocenters. The van der Waals surface area contributed by atoms with Crippen molar-refractivity contribution in [2.45, 2.75) is 49.4 Å². The summed E-state index contributed by atoms with van der Waals surface area (Å²) in [6.07, 6.45) is -24.8. The van der Waals surface area contributed by atoms with E-state index in [2.05, 4.69) is 0 Å². The highest BCUT2D eigenvalue weighted by atomic mass is 19.4. The van der Waals surface area contributed by atoms with Crippen LogP contribution in [-0.4, -0.2) is 24.7 Å². The highest BCUT2D eigenvalue weighted by Gasteiger charge is 2.75. The minimum Gasteiger partial charge on any atom is -0.169 e. The van der Waals surface area contributed by atoms with Crippen LogP contribution in [0.5, 0.6) is 0 Å². The first-order valence-corrected chi connectivity index (χ1v) is 10.7. The maximum Gasteiger partial charge on any atom is 0.411 e. The zero-order valence-corrected chi connectivity index (χ0v) is 19.5. The Labute approximate surface area is 208 Å². The van der Waals surface area contributed by atoms with E-state index in [-0.39, 0.29) is 29.3 Å². The zero-order chi connectivity index (χ0) is 28.9. The smallest absolute Gasteiger partial charge is 0.169 e. The van der Waals surface area contributed by atoms with Crippen LogP contribution in [0, 0.1) is 13.8 Å². The standard InChI is InChI=1S/C26H18F12/c1-15-6-10-17(11-7-15)21(23(27,28)29,24(30,31)32)19-4-3-5-20(14-19)22(25(33,34)35,26(36,37)38)18-12-8-16(2)9-13-18/h3-14H,1-2H3. The third-order valence-corrected chi connectivity index (χ3v) is 6.40. The van der Waals surface area contributed by atoms with E-state index in [1.165, 1.54) is 13.8 Å². The second kappa shape index (κ2) is 9.23. The fraction of sp³-hybridized carbons (Fsp3) is 0.308. The molecule has 206 valence electrons. The summed E-state index contributed by atoms with van der Waals surface area (Å²) in [5, 5.41) is 0. The SMILES string of the molecule is Cc1ccc(C(c2cccc(C(c3ccc(C)cc3)(C(F)(F)F)C(F)(F)F)c2)(C(F)(F)F)C(F)(F)F)cc1. The molecule has 0 nitrogen and oxygen atoms in total. The number of hydrogen-bond acceptors (Lipinski definition) is 0. The van der Waals surface area contributed by atoms with Gasteiger partial charge in [-0.25, -0.2) is 0 Å². The van der Waals surface area contributed by atoms with Gasteiger partial charge in [0.05, 0.1) is 0 Å². The zero-order valence-electron chi connectivity index (χ0n) is 19.5. The number of hydrogen-bond donors (Lipinski definition) is 0. The van der Waals surface area contributed by atoms with E-state index >= 15 is 0 Å².